The second-order valence-corrected chi connectivity index (χ2v) is 7.48. The van der Waals surface area contributed by atoms with Crippen molar-refractivity contribution in [3.05, 3.63) is 23.8 Å². The lowest BCUT2D eigenvalue weighted by Gasteiger charge is -2.34. The van der Waals surface area contributed by atoms with Crippen LogP contribution < -0.4 is 9.21 Å². The fourth-order valence-electron chi connectivity index (χ4n) is 2.24. The van der Waals surface area contributed by atoms with Crippen LogP contribution in [0.2, 0.25) is 0 Å². The summed E-state index contributed by atoms with van der Waals surface area (Å²) in [5.74, 6) is 0.296. The van der Waals surface area contributed by atoms with Crippen LogP contribution in [-0.2, 0) is 10.0 Å². The molecule has 0 bridgehead atoms. The number of sulfonamides is 1. The average molecular weight is 282 g/mol. The van der Waals surface area contributed by atoms with Crippen molar-refractivity contribution in [3.8, 4) is 0 Å². The van der Waals surface area contributed by atoms with Crippen LogP contribution in [0, 0.1) is 0 Å². The SMILES string of the molecule is CC(C)c1ccc(N2CCC2)cc1N(C)S(C)(=O)=O. The molecule has 106 valence electrons. The molecule has 1 aliphatic rings. The Balaban J connectivity index is 2.47. The van der Waals surface area contributed by atoms with Gasteiger partial charge in [-0.25, -0.2) is 8.42 Å². The third kappa shape index (κ3) is 2.86. The Bertz CT molecular complexity index is 563. The first-order valence-electron chi connectivity index (χ1n) is 6.63. The van der Waals surface area contributed by atoms with E-state index >= 15 is 0 Å². The highest BCUT2D eigenvalue weighted by atomic mass is 32.2. The third-order valence-corrected chi connectivity index (χ3v) is 4.89. The average Bonchev–Trinajstić information content (AvgIpc) is 2.24. The summed E-state index contributed by atoms with van der Waals surface area (Å²) in [5.41, 5.74) is 2.97. The lowest BCUT2D eigenvalue weighted by Crippen LogP contribution is -2.37. The molecule has 5 heteroatoms. The van der Waals surface area contributed by atoms with E-state index in [1.807, 2.05) is 6.07 Å². The Kier molecular flexibility index (Phi) is 3.76. The van der Waals surface area contributed by atoms with Gasteiger partial charge in [0.25, 0.3) is 0 Å². The van der Waals surface area contributed by atoms with Crippen molar-refractivity contribution in [1.29, 1.82) is 0 Å². The molecule has 4 nitrogen and oxygen atoms in total. The molecule has 2 rings (SSSR count). The fourth-order valence-corrected chi connectivity index (χ4v) is 2.76. The van der Waals surface area contributed by atoms with Crippen LogP contribution in [0.25, 0.3) is 0 Å². The highest BCUT2D eigenvalue weighted by molar-refractivity contribution is 7.92. The molecule has 0 unspecified atom stereocenters. The van der Waals surface area contributed by atoms with E-state index in [-0.39, 0.29) is 0 Å². The Morgan fingerprint density at radius 1 is 1.26 bits per heavy atom. The van der Waals surface area contributed by atoms with Crippen LogP contribution in [0.5, 0.6) is 0 Å². The van der Waals surface area contributed by atoms with Gasteiger partial charge < -0.3 is 4.90 Å². The van der Waals surface area contributed by atoms with Gasteiger partial charge in [0.05, 0.1) is 11.9 Å². The van der Waals surface area contributed by atoms with Gasteiger partial charge in [-0.2, -0.15) is 0 Å². The van der Waals surface area contributed by atoms with Crippen LogP contribution in [0.15, 0.2) is 18.2 Å². The molecule has 0 radical (unpaired) electrons. The third-order valence-electron chi connectivity index (χ3n) is 3.69. The molecule has 1 aliphatic heterocycles. The van der Waals surface area contributed by atoms with Crippen molar-refractivity contribution in [3.63, 3.8) is 0 Å². The summed E-state index contributed by atoms with van der Waals surface area (Å²) in [6.45, 7) is 6.28. The van der Waals surface area contributed by atoms with Gasteiger partial charge in [0.2, 0.25) is 10.0 Å². The van der Waals surface area contributed by atoms with E-state index in [0.717, 1.165) is 30.0 Å². The van der Waals surface area contributed by atoms with Crippen molar-refractivity contribution in [2.24, 2.45) is 0 Å². The van der Waals surface area contributed by atoms with Crippen LogP contribution in [0.1, 0.15) is 31.7 Å². The number of benzene rings is 1. The number of hydrogen-bond donors (Lipinski definition) is 0. The molecule has 1 heterocycles. The topological polar surface area (TPSA) is 40.6 Å². The van der Waals surface area contributed by atoms with E-state index in [1.54, 1.807) is 7.05 Å². The fraction of sp³-hybridized carbons (Fsp3) is 0.571. The van der Waals surface area contributed by atoms with Gasteiger partial charge in [0.15, 0.2) is 0 Å². The Hall–Kier alpha value is -1.23. The Morgan fingerprint density at radius 3 is 2.32 bits per heavy atom. The lowest BCUT2D eigenvalue weighted by molar-refractivity contribution is 0.599. The standard InChI is InChI=1S/C14H22N2O2S/c1-11(2)13-7-6-12(16-8-5-9-16)10-14(13)15(3)19(4,17)18/h6-7,10-11H,5,8-9H2,1-4H3. The monoisotopic (exact) mass is 282 g/mol. The highest BCUT2D eigenvalue weighted by Crippen LogP contribution is 2.33. The number of hydrogen-bond acceptors (Lipinski definition) is 3. The molecule has 0 amide bonds. The van der Waals surface area contributed by atoms with Crippen molar-refractivity contribution < 1.29 is 8.42 Å². The molecule has 0 saturated carbocycles. The molecule has 1 aromatic rings. The molecule has 1 fully saturated rings. The van der Waals surface area contributed by atoms with Crippen molar-refractivity contribution in [2.45, 2.75) is 26.2 Å². The van der Waals surface area contributed by atoms with Gasteiger partial charge in [-0.3, -0.25) is 4.31 Å². The number of anilines is 2. The minimum atomic E-state index is -3.23. The van der Waals surface area contributed by atoms with Crippen molar-refractivity contribution >= 4 is 21.4 Å². The molecule has 0 spiro atoms. The first kappa shape index (κ1) is 14.2. The van der Waals surface area contributed by atoms with Gasteiger partial charge in [-0.1, -0.05) is 19.9 Å². The zero-order chi connectivity index (χ0) is 14.2. The molecular formula is C14H22N2O2S. The lowest BCUT2D eigenvalue weighted by atomic mass is 9.99. The highest BCUT2D eigenvalue weighted by Gasteiger charge is 2.21. The molecular weight excluding hydrogens is 260 g/mol. The molecule has 1 aromatic carbocycles. The van der Waals surface area contributed by atoms with E-state index in [1.165, 1.54) is 17.0 Å². The van der Waals surface area contributed by atoms with Crippen molar-refractivity contribution in [1.82, 2.24) is 0 Å². The molecule has 0 aromatic heterocycles. The van der Waals surface area contributed by atoms with Gasteiger partial charge in [0.1, 0.15) is 0 Å². The van der Waals surface area contributed by atoms with Crippen LogP contribution in [0.3, 0.4) is 0 Å². The summed E-state index contributed by atoms with van der Waals surface area (Å²) in [6.07, 6.45) is 2.45. The molecule has 19 heavy (non-hydrogen) atoms. The second kappa shape index (κ2) is 5.04. The van der Waals surface area contributed by atoms with Crippen LogP contribution in [-0.4, -0.2) is 34.8 Å². The second-order valence-electron chi connectivity index (χ2n) is 5.47. The smallest absolute Gasteiger partial charge is 0.232 e. The Morgan fingerprint density at radius 2 is 1.89 bits per heavy atom. The summed E-state index contributed by atoms with van der Waals surface area (Å²) >= 11 is 0. The maximum absolute atomic E-state index is 11.8. The Labute approximate surface area is 116 Å². The minimum Gasteiger partial charge on any atom is -0.371 e. The maximum Gasteiger partial charge on any atom is 0.232 e. The predicted octanol–water partition coefficient (Wildman–Crippen LogP) is 2.42. The quantitative estimate of drug-likeness (QED) is 0.851. The van der Waals surface area contributed by atoms with E-state index in [9.17, 15) is 8.42 Å². The van der Waals surface area contributed by atoms with E-state index in [4.69, 9.17) is 0 Å². The summed E-state index contributed by atoms with van der Waals surface area (Å²) < 4.78 is 24.9. The molecule has 1 saturated heterocycles. The number of nitrogens with zero attached hydrogens (tertiary/aromatic N) is 2. The first-order chi connectivity index (χ1) is 8.80. The largest absolute Gasteiger partial charge is 0.371 e. The summed E-state index contributed by atoms with van der Waals surface area (Å²) in [6, 6.07) is 6.14. The normalized spacial score (nSPS) is 15.5. The van der Waals surface area contributed by atoms with Crippen LogP contribution >= 0.6 is 0 Å². The van der Waals surface area contributed by atoms with Crippen molar-refractivity contribution in [2.75, 3.05) is 35.6 Å². The van der Waals surface area contributed by atoms with Gasteiger partial charge in [-0.05, 0) is 30.0 Å². The summed E-state index contributed by atoms with van der Waals surface area (Å²) in [5, 5.41) is 0. The summed E-state index contributed by atoms with van der Waals surface area (Å²) in [4.78, 5) is 2.27. The predicted molar refractivity (Wildman–Crippen MR) is 80.6 cm³/mol. The molecule has 0 atom stereocenters. The van der Waals surface area contributed by atoms with Gasteiger partial charge >= 0.3 is 0 Å². The molecule has 0 aliphatic carbocycles. The molecule has 0 N–H and O–H groups in total. The van der Waals surface area contributed by atoms with E-state index in [0.29, 0.717) is 5.92 Å². The zero-order valence-electron chi connectivity index (χ0n) is 12.0. The van der Waals surface area contributed by atoms with E-state index < -0.39 is 10.0 Å². The minimum absolute atomic E-state index is 0.296. The zero-order valence-corrected chi connectivity index (χ0v) is 12.9. The summed E-state index contributed by atoms with van der Waals surface area (Å²) in [7, 11) is -1.61. The van der Waals surface area contributed by atoms with Gasteiger partial charge in [0, 0.05) is 25.8 Å². The number of rotatable bonds is 4. The van der Waals surface area contributed by atoms with Gasteiger partial charge in [-0.15, -0.1) is 0 Å². The van der Waals surface area contributed by atoms with Crippen LogP contribution in [0.4, 0.5) is 11.4 Å². The maximum atomic E-state index is 11.8. The first-order valence-corrected chi connectivity index (χ1v) is 8.48. The van der Waals surface area contributed by atoms with E-state index in [2.05, 4.69) is 30.9 Å².